The SMILES string of the molecule is CC(C)[C@H](NC(=O)CNC(=O)[C@H](CCC(=O)O)NC(=O)[C@@H](N)CCCCN)C(=O)NCC(=O)N[C@@H](CCC(N)=O)C(=O)N[C@@H](C)C(=O)N[C@@H](CCCCN)C(=O)NCC(=O)N[C@@H](CCCNC(=N)N)C(=O)N[C@@H](CCCCN)C(=O)N[C@H](C(=O)N[C@@H](C)C(=O)N[C@@H](C)C(=O)N[C@@H](CCC(N)=O)C(=O)O)C(C)C. The number of amides is 16. The molecule has 12 atom stereocenters. The summed E-state index contributed by atoms with van der Waals surface area (Å²) in [5.74, 6) is -18.8. The van der Waals surface area contributed by atoms with E-state index >= 15 is 0 Å². The fraction of sp³-hybridized carbons (Fsp3) is 0.703. The third-order valence-electron chi connectivity index (χ3n) is 16.0. The number of carbonyl (C=O) groups is 18. The number of unbranched alkanes of at least 4 members (excludes halogenated alkanes) is 3. The Morgan fingerprint density at radius 1 is 0.327 bits per heavy atom. The molecule has 43 heteroatoms. The molecule has 0 aliphatic carbocycles. The van der Waals surface area contributed by atoms with E-state index in [4.69, 9.17) is 45.5 Å². The maximum atomic E-state index is 14.2. The summed E-state index contributed by atoms with van der Waals surface area (Å²) in [5, 5.41) is 62.6. The van der Waals surface area contributed by atoms with Crippen molar-refractivity contribution in [2.75, 3.05) is 45.8 Å². The van der Waals surface area contributed by atoms with Gasteiger partial charge in [-0.05, 0) is 136 Å². The molecule has 32 N–H and O–H groups in total. The molecule has 0 saturated heterocycles. The second kappa shape index (κ2) is 52.5. The average molecular weight is 1530 g/mol. The van der Waals surface area contributed by atoms with Crippen molar-refractivity contribution in [3.63, 3.8) is 0 Å². The Morgan fingerprint density at radius 2 is 0.654 bits per heavy atom. The first-order chi connectivity index (χ1) is 50.2. The lowest BCUT2D eigenvalue weighted by molar-refractivity contribution is -0.142. The zero-order chi connectivity index (χ0) is 81.6. The highest BCUT2D eigenvalue weighted by molar-refractivity contribution is 5.99. The quantitative estimate of drug-likeness (QED) is 0.0153. The molecule has 0 radical (unpaired) electrons. The van der Waals surface area contributed by atoms with Gasteiger partial charge >= 0.3 is 11.9 Å². The number of carbonyl (C=O) groups excluding carboxylic acids is 16. The van der Waals surface area contributed by atoms with E-state index in [0.29, 0.717) is 32.2 Å². The van der Waals surface area contributed by atoms with Crippen molar-refractivity contribution in [3.8, 4) is 0 Å². The van der Waals surface area contributed by atoms with Crippen molar-refractivity contribution in [2.45, 2.75) is 230 Å². The lowest BCUT2D eigenvalue weighted by Gasteiger charge is -2.28. The van der Waals surface area contributed by atoms with Gasteiger partial charge in [0.2, 0.25) is 94.5 Å². The number of hydrogen-bond donors (Lipinski definition) is 25. The number of carboxylic acid groups (broad SMARTS) is 2. The van der Waals surface area contributed by atoms with E-state index in [9.17, 15) is 96.5 Å². The van der Waals surface area contributed by atoms with Gasteiger partial charge in [-0.1, -0.05) is 34.1 Å². The summed E-state index contributed by atoms with van der Waals surface area (Å²) in [5.41, 5.74) is 38.7. The Hall–Kier alpha value is -10.4. The van der Waals surface area contributed by atoms with Gasteiger partial charge in [-0.25, -0.2) is 4.79 Å². The Balaban J connectivity index is 6.29. The number of rotatable bonds is 56. The molecule has 0 spiro atoms. The van der Waals surface area contributed by atoms with Crippen LogP contribution < -0.4 is 120 Å². The van der Waals surface area contributed by atoms with Gasteiger partial charge in [0, 0.05) is 25.8 Å². The summed E-state index contributed by atoms with van der Waals surface area (Å²) in [6.07, 6.45) is 0.0316. The van der Waals surface area contributed by atoms with Crippen molar-refractivity contribution in [1.29, 1.82) is 5.41 Å². The van der Waals surface area contributed by atoms with Crippen LogP contribution in [0.2, 0.25) is 0 Å². The first-order valence-corrected chi connectivity index (χ1v) is 35.3. The molecule has 606 valence electrons. The molecule has 0 bridgehead atoms. The Morgan fingerprint density at radius 3 is 1.10 bits per heavy atom. The molecule has 43 nitrogen and oxygen atoms in total. The molecule has 0 aliphatic rings. The summed E-state index contributed by atoms with van der Waals surface area (Å²) in [6.45, 7) is 8.38. The molecule has 0 aromatic carbocycles. The van der Waals surface area contributed by atoms with E-state index in [0.717, 1.165) is 0 Å². The predicted molar refractivity (Wildman–Crippen MR) is 384 cm³/mol. The third-order valence-corrected chi connectivity index (χ3v) is 16.0. The van der Waals surface area contributed by atoms with Crippen LogP contribution in [0.15, 0.2) is 0 Å². The third kappa shape index (κ3) is 41.7. The summed E-state index contributed by atoms with van der Waals surface area (Å²) < 4.78 is 0. The van der Waals surface area contributed by atoms with E-state index in [1.807, 2.05) is 0 Å². The Kier molecular flexibility index (Phi) is 47.4. The average Bonchev–Trinajstić information content (AvgIpc) is 0.869. The van der Waals surface area contributed by atoms with Crippen molar-refractivity contribution < 1.29 is 96.5 Å². The number of aliphatic carboxylic acids is 2. The zero-order valence-electron chi connectivity index (χ0n) is 61.8. The van der Waals surface area contributed by atoms with Crippen LogP contribution in [0.3, 0.4) is 0 Å². The molecular formula is C64H115N23O20. The monoisotopic (exact) mass is 1530 g/mol. The van der Waals surface area contributed by atoms with Crippen LogP contribution in [-0.4, -0.2) is 241 Å². The summed E-state index contributed by atoms with van der Waals surface area (Å²) in [4.78, 5) is 234. The van der Waals surface area contributed by atoms with Crippen LogP contribution in [0.4, 0.5) is 0 Å². The molecular weight excluding hydrogens is 1410 g/mol. The van der Waals surface area contributed by atoms with Crippen molar-refractivity contribution in [1.82, 2.24) is 79.8 Å². The van der Waals surface area contributed by atoms with E-state index in [2.05, 4.69) is 79.8 Å². The second-order valence-electron chi connectivity index (χ2n) is 26.1. The van der Waals surface area contributed by atoms with E-state index < -0.39 is 236 Å². The van der Waals surface area contributed by atoms with Crippen LogP contribution in [0, 0.1) is 17.2 Å². The molecule has 0 aromatic rings. The highest BCUT2D eigenvalue weighted by atomic mass is 16.4. The smallest absolute Gasteiger partial charge is 0.326 e. The van der Waals surface area contributed by atoms with Crippen LogP contribution in [0.1, 0.15) is 158 Å². The molecule has 0 rings (SSSR count). The van der Waals surface area contributed by atoms with Gasteiger partial charge < -0.3 is 130 Å². The number of guanidine groups is 1. The van der Waals surface area contributed by atoms with Gasteiger partial charge in [0.1, 0.15) is 66.5 Å². The summed E-state index contributed by atoms with van der Waals surface area (Å²) in [7, 11) is 0. The predicted octanol–water partition coefficient (Wildman–Crippen LogP) is -9.50. The largest absolute Gasteiger partial charge is 0.481 e. The maximum Gasteiger partial charge on any atom is 0.326 e. The highest BCUT2D eigenvalue weighted by Gasteiger charge is 2.35. The zero-order valence-corrected chi connectivity index (χ0v) is 61.8. The number of carboxylic acids is 2. The van der Waals surface area contributed by atoms with Gasteiger partial charge in [-0.3, -0.25) is 86.9 Å². The fourth-order valence-electron chi connectivity index (χ4n) is 9.79. The molecule has 0 aliphatic heterocycles. The number of hydrogen-bond acceptors (Lipinski definition) is 23. The van der Waals surface area contributed by atoms with Crippen LogP contribution in [0.25, 0.3) is 0 Å². The van der Waals surface area contributed by atoms with Crippen molar-refractivity contribution >= 4 is 112 Å². The van der Waals surface area contributed by atoms with E-state index in [1.165, 1.54) is 20.8 Å². The second-order valence-corrected chi connectivity index (χ2v) is 26.1. The van der Waals surface area contributed by atoms with Gasteiger partial charge in [0.05, 0.1) is 25.7 Å². The van der Waals surface area contributed by atoms with Gasteiger partial charge in [0.25, 0.3) is 0 Å². The summed E-state index contributed by atoms with van der Waals surface area (Å²) in [6, 6.07) is -16.5. The topological polar surface area (TPSA) is 734 Å². The van der Waals surface area contributed by atoms with Crippen LogP contribution in [-0.2, 0) is 86.3 Å². The Labute approximate surface area is 620 Å². The standard InChI is InChI=1S/C64H115N23O20/c1-32(2)50(86-48(92)31-75-57(100)41(21-24-49(93)94)83-55(98)37(68)15-8-11-25-65)61(104)76-30-47(91)81-42(19-22-44(69)88)58(101)78-36(7)53(96)82-38(16-9-12-26-66)56(99)74-29-46(90)80-39(18-14-28-73-64(71)72)59(102)84-40(17-10-13-27-67)60(103)87-51(33(3)4)62(105)79-34(5)52(95)77-35(6)54(97)85-43(63(106)107)20-23-45(70)89/h32-43,50-51H,8-31,65-68H2,1-7H3,(H2,69,88)(H2,70,89)(H,74,99)(H,75,100)(H,76,104)(H,77,95)(H,78,101)(H,79,105)(H,80,90)(H,81,91)(H,82,96)(H,83,98)(H,84,102)(H,85,97)(H,86,92)(H,87,103)(H,93,94)(H,106,107)(H4,71,72,73)/t34-,35-,36-,37-,38-,39-,40-,41-,42-,43-,50-,51-/m0/s1. The number of nitrogens with two attached hydrogens (primary N) is 7. The van der Waals surface area contributed by atoms with Gasteiger partial charge in [-0.2, -0.15) is 0 Å². The lowest BCUT2D eigenvalue weighted by Crippen LogP contribution is -2.60. The number of primary amides is 2. The molecule has 0 aromatic heterocycles. The Bertz CT molecular complexity index is 3030. The van der Waals surface area contributed by atoms with Crippen LogP contribution >= 0.6 is 0 Å². The first kappa shape index (κ1) is 96.6. The minimum atomic E-state index is -1.57. The minimum Gasteiger partial charge on any atom is -0.481 e. The molecule has 0 unspecified atom stereocenters. The molecule has 107 heavy (non-hydrogen) atoms. The lowest BCUT2D eigenvalue weighted by atomic mass is 10.0. The number of nitrogens with one attached hydrogen (secondary N) is 16. The molecule has 0 fully saturated rings. The normalized spacial score (nSPS) is 14.3. The molecule has 0 heterocycles. The fourth-order valence-corrected chi connectivity index (χ4v) is 9.79. The summed E-state index contributed by atoms with van der Waals surface area (Å²) >= 11 is 0. The van der Waals surface area contributed by atoms with Crippen molar-refractivity contribution in [2.24, 2.45) is 52.0 Å². The van der Waals surface area contributed by atoms with Gasteiger partial charge in [0.15, 0.2) is 5.96 Å². The highest BCUT2D eigenvalue weighted by Crippen LogP contribution is 2.11. The molecule has 16 amide bonds. The minimum absolute atomic E-state index is 0.0364. The van der Waals surface area contributed by atoms with Crippen molar-refractivity contribution in [3.05, 3.63) is 0 Å². The van der Waals surface area contributed by atoms with E-state index in [-0.39, 0.29) is 83.8 Å². The first-order valence-electron chi connectivity index (χ1n) is 35.3. The van der Waals surface area contributed by atoms with Gasteiger partial charge in [-0.15, -0.1) is 0 Å². The van der Waals surface area contributed by atoms with Crippen LogP contribution in [0.5, 0.6) is 0 Å². The molecule has 0 saturated carbocycles. The maximum absolute atomic E-state index is 14.2. The van der Waals surface area contributed by atoms with E-state index in [1.54, 1.807) is 27.7 Å².